The Morgan fingerprint density at radius 1 is 1.23 bits per heavy atom. The van der Waals surface area contributed by atoms with E-state index in [2.05, 4.69) is 53.0 Å². The molecule has 11 nitrogen and oxygen atoms in total. The molecule has 164 valence electrons. The van der Waals surface area contributed by atoms with Crippen molar-refractivity contribution in [2.24, 2.45) is 4.99 Å². The summed E-state index contributed by atoms with van der Waals surface area (Å²) in [6.45, 7) is 7.17. The van der Waals surface area contributed by atoms with Gasteiger partial charge in [0, 0.05) is 26.2 Å². The number of amides is 1. The molecule has 0 spiro atoms. The van der Waals surface area contributed by atoms with Crippen molar-refractivity contribution in [2.45, 2.75) is 20.1 Å². The molecule has 0 radical (unpaired) electrons. The molecule has 0 bridgehead atoms. The predicted octanol–water partition coefficient (Wildman–Crippen LogP) is 0.970. The molecule has 3 heterocycles. The Labute approximate surface area is 184 Å². The normalized spacial score (nSPS) is 20.5. The largest absolute Gasteiger partial charge is 0.434 e. The van der Waals surface area contributed by atoms with Crippen LogP contribution in [-0.4, -0.2) is 71.2 Å². The maximum Gasteiger partial charge on any atom is 0.309 e. The monoisotopic (exact) mass is 445 g/mol. The molecular formula is C19H24ClN9O2. The first-order valence-electron chi connectivity index (χ1n) is 9.88. The maximum atomic E-state index is 12.6. The van der Waals surface area contributed by atoms with E-state index in [1.54, 1.807) is 13.0 Å². The van der Waals surface area contributed by atoms with E-state index >= 15 is 0 Å². The molecule has 1 atom stereocenters. The van der Waals surface area contributed by atoms with Gasteiger partial charge in [0.25, 0.3) is 11.9 Å². The van der Waals surface area contributed by atoms with E-state index in [-0.39, 0.29) is 12.0 Å². The smallest absolute Gasteiger partial charge is 0.309 e. The van der Waals surface area contributed by atoms with Crippen LogP contribution in [0.2, 0.25) is 5.02 Å². The van der Waals surface area contributed by atoms with Crippen molar-refractivity contribution < 1.29 is 9.53 Å². The molecule has 0 aliphatic carbocycles. The van der Waals surface area contributed by atoms with Crippen LogP contribution in [-0.2, 0) is 9.53 Å². The zero-order valence-corrected chi connectivity index (χ0v) is 18.3. The van der Waals surface area contributed by atoms with E-state index in [0.29, 0.717) is 22.5 Å². The Balaban J connectivity index is 1.44. The summed E-state index contributed by atoms with van der Waals surface area (Å²) in [7, 11) is 2.09. The van der Waals surface area contributed by atoms with Gasteiger partial charge in [-0.05, 0) is 32.5 Å². The van der Waals surface area contributed by atoms with Crippen LogP contribution in [0.1, 0.15) is 11.4 Å². The van der Waals surface area contributed by atoms with Gasteiger partial charge in [-0.3, -0.25) is 10.2 Å². The summed E-state index contributed by atoms with van der Waals surface area (Å²) in [6, 6.07) is 5.47. The van der Waals surface area contributed by atoms with Gasteiger partial charge in [-0.25, -0.2) is 0 Å². The first-order chi connectivity index (χ1) is 14.9. The Bertz CT molecular complexity index is 988. The molecule has 0 saturated carbocycles. The lowest BCUT2D eigenvalue weighted by Gasteiger charge is -2.32. The molecule has 2 aromatic rings. The molecule has 1 aromatic heterocycles. The van der Waals surface area contributed by atoms with E-state index in [1.807, 2.05) is 19.1 Å². The van der Waals surface area contributed by atoms with Crippen molar-refractivity contribution in [3.05, 3.63) is 34.6 Å². The number of halogens is 1. The third-order valence-electron chi connectivity index (χ3n) is 4.96. The number of carbonyl (C=O) groups is 1. The van der Waals surface area contributed by atoms with Crippen LogP contribution in [0, 0.1) is 13.8 Å². The lowest BCUT2D eigenvalue weighted by molar-refractivity contribution is -0.123. The van der Waals surface area contributed by atoms with Crippen LogP contribution < -0.4 is 21.1 Å². The number of carbonyl (C=O) groups excluding carboxylic acids is 1. The molecule has 2 aliphatic rings. The van der Waals surface area contributed by atoms with Gasteiger partial charge in [0.05, 0.1) is 10.7 Å². The van der Waals surface area contributed by atoms with E-state index in [0.717, 1.165) is 31.7 Å². The minimum atomic E-state index is -0.991. The highest BCUT2D eigenvalue weighted by Gasteiger charge is 2.29. The van der Waals surface area contributed by atoms with Gasteiger partial charge >= 0.3 is 6.02 Å². The summed E-state index contributed by atoms with van der Waals surface area (Å²) in [5, 5.41) is 3.21. The first-order valence-corrected chi connectivity index (χ1v) is 10.3. The summed E-state index contributed by atoms with van der Waals surface area (Å²) in [5.41, 5.74) is 6.86. The fraction of sp³-hybridized carbons (Fsp3) is 0.421. The summed E-state index contributed by atoms with van der Waals surface area (Å²) in [4.78, 5) is 34.3. The number of aliphatic imine (C=N–C) groups is 1. The predicted molar refractivity (Wildman–Crippen MR) is 117 cm³/mol. The number of ether oxygens (including phenoxy) is 1. The third-order valence-corrected chi connectivity index (χ3v) is 5.27. The molecule has 1 aromatic carbocycles. The number of benzene rings is 1. The quantitative estimate of drug-likeness (QED) is 0.632. The zero-order chi connectivity index (χ0) is 22.0. The lowest BCUT2D eigenvalue weighted by atomic mass is 10.2. The van der Waals surface area contributed by atoms with Crippen molar-refractivity contribution in [1.29, 1.82) is 0 Å². The first kappa shape index (κ1) is 21.2. The van der Waals surface area contributed by atoms with Gasteiger partial charge in [0.15, 0.2) is 0 Å². The van der Waals surface area contributed by atoms with Crippen LogP contribution in [0.4, 0.5) is 17.6 Å². The van der Waals surface area contributed by atoms with Gasteiger partial charge in [0.1, 0.15) is 5.82 Å². The summed E-state index contributed by atoms with van der Waals surface area (Å²) < 4.78 is 5.57. The fourth-order valence-corrected chi connectivity index (χ4v) is 3.46. The number of anilines is 2. The Morgan fingerprint density at radius 3 is 2.74 bits per heavy atom. The fourth-order valence-electron chi connectivity index (χ4n) is 3.19. The molecule has 4 rings (SSSR count). The topological polar surface area (TPSA) is 120 Å². The Morgan fingerprint density at radius 2 is 2.00 bits per heavy atom. The molecular weight excluding hydrogens is 422 g/mol. The number of hydrogen-bond acceptors (Lipinski definition) is 9. The second-order valence-corrected chi connectivity index (χ2v) is 7.79. The summed E-state index contributed by atoms with van der Waals surface area (Å²) >= 11 is 6.17. The van der Waals surface area contributed by atoms with Crippen LogP contribution >= 0.6 is 11.6 Å². The highest BCUT2D eigenvalue weighted by atomic mass is 35.5. The third kappa shape index (κ3) is 5.01. The number of amidine groups is 1. The molecule has 2 fully saturated rings. The zero-order valence-electron chi connectivity index (χ0n) is 17.5. The maximum absolute atomic E-state index is 12.6. The minimum absolute atomic E-state index is 0.0889. The number of hydrogen-bond donors (Lipinski definition) is 3. The second kappa shape index (κ2) is 9.00. The summed E-state index contributed by atoms with van der Waals surface area (Å²) in [6.07, 6.45) is -0.991. The number of piperazine rings is 1. The van der Waals surface area contributed by atoms with Crippen molar-refractivity contribution in [3.8, 4) is 0 Å². The molecule has 2 saturated heterocycles. The highest BCUT2D eigenvalue weighted by molar-refractivity contribution is 6.34. The van der Waals surface area contributed by atoms with Gasteiger partial charge in [-0.15, -0.1) is 0 Å². The number of hydrazine groups is 1. The minimum Gasteiger partial charge on any atom is -0.434 e. The van der Waals surface area contributed by atoms with Gasteiger partial charge in [-0.1, -0.05) is 23.7 Å². The van der Waals surface area contributed by atoms with Crippen LogP contribution in [0.3, 0.4) is 0 Å². The van der Waals surface area contributed by atoms with Crippen molar-refractivity contribution in [1.82, 2.24) is 30.7 Å². The molecule has 2 aliphatic heterocycles. The number of likely N-dealkylation sites (N-methyl/N-ethyl adjacent to an activating group) is 1. The molecule has 31 heavy (non-hydrogen) atoms. The number of para-hydroxylation sites is 1. The number of nitrogens with one attached hydrogen (secondary N) is 3. The number of aryl methyl sites for hydroxylation is 2. The van der Waals surface area contributed by atoms with Gasteiger partial charge < -0.3 is 19.9 Å². The van der Waals surface area contributed by atoms with Crippen LogP contribution in [0.5, 0.6) is 0 Å². The second-order valence-electron chi connectivity index (χ2n) is 7.38. The number of rotatable bonds is 4. The lowest BCUT2D eigenvalue weighted by Crippen LogP contribution is -2.45. The van der Waals surface area contributed by atoms with Crippen molar-refractivity contribution in [3.63, 3.8) is 0 Å². The Hall–Kier alpha value is -3.02. The van der Waals surface area contributed by atoms with Crippen LogP contribution in [0.25, 0.3) is 0 Å². The van der Waals surface area contributed by atoms with E-state index in [4.69, 9.17) is 16.3 Å². The molecule has 12 heteroatoms. The number of aromatic nitrogens is 3. The number of nitrogens with zero attached hydrogens (tertiary/aromatic N) is 6. The average molecular weight is 446 g/mol. The van der Waals surface area contributed by atoms with E-state index in [9.17, 15) is 4.79 Å². The summed E-state index contributed by atoms with van der Waals surface area (Å²) in [5.74, 6) is 0.916. The SMILES string of the molecule is Cc1nc(/N=C2\NNC(C(=O)Nc3c(C)cccc3Cl)O2)nc(N2CCN(C)CC2)n1. The van der Waals surface area contributed by atoms with E-state index < -0.39 is 12.1 Å². The van der Waals surface area contributed by atoms with Gasteiger partial charge in [-0.2, -0.15) is 25.4 Å². The molecule has 1 amide bonds. The van der Waals surface area contributed by atoms with E-state index in [1.165, 1.54) is 0 Å². The van der Waals surface area contributed by atoms with Crippen LogP contribution in [0.15, 0.2) is 23.2 Å². The van der Waals surface area contributed by atoms with Gasteiger partial charge in [0.2, 0.25) is 12.2 Å². The standard InChI is InChI=1S/C19H24ClN9O2/c1-11-5-4-6-13(20)14(11)23-15(30)16-26-27-19(31-16)25-17-21-12(2)22-18(24-17)29-9-7-28(3)8-10-29/h4-6,16,26H,7-10H2,1-3H3,(H,23,30)(H,21,22,24,25,27). The average Bonchev–Trinajstić information content (AvgIpc) is 3.19. The molecule has 1 unspecified atom stereocenters. The highest BCUT2D eigenvalue weighted by Crippen LogP contribution is 2.25. The molecule has 3 N–H and O–H groups in total. The van der Waals surface area contributed by atoms with Crippen molar-refractivity contribution in [2.75, 3.05) is 43.4 Å². The van der Waals surface area contributed by atoms with Crippen molar-refractivity contribution >= 4 is 41.1 Å². The Kier molecular flexibility index (Phi) is 6.16.